The topological polar surface area (TPSA) is 43.9 Å². The summed E-state index contributed by atoms with van der Waals surface area (Å²) >= 11 is 0. The van der Waals surface area contributed by atoms with Crippen molar-refractivity contribution in [3.05, 3.63) is 0 Å². The molecule has 3 atom stereocenters. The van der Waals surface area contributed by atoms with Gasteiger partial charge in [-0.05, 0) is 78.0 Å². The van der Waals surface area contributed by atoms with E-state index in [2.05, 4.69) is 37.7 Å². The average molecular weight is 380 g/mol. The van der Waals surface area contributed by atoms with Crippen LogP contribution in [0.25, 0.3) is 0 Å². The zero-order valence-corrected chi connectivity index (χ0v) is 18.1. The quantitative estimate of drug-likeness (QED) is 0.547. The monoisotopic (exact) mass is 379 g/mol. The second kappa shape index (κ2) is 11.2. The molecule has 0 aromatic heterocycles. The van der Waals surface area contributed by atoms with E-state index in [1.807, 2.05) is 4.90 Å². The minimum Gasteiger partial charge on any atom is -0.343 e. The highest BCUT2D eigenvalue weighted by Crippen LogP contribution is 2.37. The van der Waals surface area contributed by atoms with Gasteiger partial charge in [0.25, 0.3) is 0 Å². The van der Waals surface area contributed by atoms with Gasteiger partial charge in [-0.2, -0.15) is 0 Å². The maximum absolute atomic E-state index is 12.9. The normalized spacial score (nSPS) is 26.3. The summed E-state index contributed by atoms with van der Waals surface area (Å²) in [6, 6.07) is 0.572. The summed E-state index contributed by atoms with van der Waals surface area (Å²) in [5.74, 6) is 1.62. The Morgan fingerprint density at radius 2 is 1.93 bits per heavy atom. The van der Waals surface area contributed by atoms with Crippen molar-refractivity contribution in [2.45, 2.75) is 71.3 Å². The zero-order chi connectivity index (χ0) is 19.8. The van der Waals surface area contributed by atoms with Crippen molar-refractivity contribution in [3.63, 3.8) is 0 Å². The number of piperidine rings is 1. The standard InChI is InChI=1S/C22H41N3O2/c1-5-11-25-17-18(14-19-16-20(26)9-10-21(19)25)15-22(27)24(6-2)13-8-7-12-23(3)4/h18-19,21H,5-17H2,1-4H3/t18-,19-,21-/m1/s1. The first kappa shape index (κ1) is 22.4. The molecule has 0 spiro atoms. The lowest BCUT2D eigenvalue weighted by Gasteiger charge is -2.47. The van der Waals surface area contributed by atoms with Gasteiger partial charge in [0.1, 0.15) is 5.78 Å². The summed E-state index contributed by atoms with van der Waals surface area (Å²) in [7, 11) is 4.19. The van der Waals surface area contributed by atoms with Crippen molar-refractivity contribution < 1.29 is 9.59 Å². The summed E-state index contributed by atoms with van der Waals surface area (Å²) < 4.78 is 0. The van der Waals surface area contributed by atoms with Crippen LogP contribution >= 0.6 is 0 Å². The molecule has 156 valence electrons. The van der Waals surface area contributed by atoms with E-state index in [0.29, 0.717) is 36.0 Å². The van der Waals surface area contributed by atoms with Gasteiger partial charge < -0.3 is 9.80 Å². The van der Waals surface area contributed by atoms with E-state index < -0.39 is 0 Å². The predicted molar refractivity (Wildman–Crippen MR) is 111 cm³/mol. The van der Waals surface area contributed by atoms with Gasteiger partial charge in [-0.25, -0.2) is 0 Å². The van der Waals surface area contributed by atoms with Crippen molar-refractivity contribution in [2.24, 2.45) is 11.8 Å². The molecule has 0 N–H and O–H groups in total. The number of fused-ring (bicyclic) bond motifs is 1. The van der Waals surface area contributed by atoms with Crippen LogP contribution < -0.4 is 0 Å². The van der Waals surface area contributed by atoms with Crippen LogP contribution in [0.2, 0.25) is 0 Å². The van der Waals surface area contributed by atoms with E-state index in [1.54, 1.807) is 0 Å². The molecule has 27 heavy (non-hydrogen) atoms. The summed E-state index contributed by atoms with van der Waals surface area (Å²) in [5.41, 5.74) is 0. The number of ketones is 1. The summed E-state index contributed by atoms with van der Waals surface area (Å²) in [6.07, 6.45) is 7.57. The Morgan fingerprint density at radius 1 is 1.19 bits per heavy atom. The maximum atomic E-state index is 12.9. The van der Waals surface area contributed by atoms with E-state index in [4.69, 9.17) is 0 Å². The van der Waals surface area contributed by atoms with Crippen molar-refractivity contribution in [1.82, 2.24) is 14.7 Å². The van der Waals surface area contributed by atoms with Crippen LogP contribution in [-0.2, 0) is 9.59 Å². The summed E-state index contributed by atoms with van der Waals surface area (Å²) in [4.78, 5) is 31.7. The fraction of sp³-hybridized carbons (Fsp3) is 0.909. The van der Waals surface area contributed by atoms with Gasteiger partial charge >= 0.3 is 0 Å². The molecule has 1 heterocycles. The molecule has 5 heteroatoms. The largest absolute Gasteiger partial charge is 0.343 e. The molecule has 1 aliphatic heterocycles. The van der Waals surface area contributed by atoms with Crippen molar-refractivity contribution in [3.8, 4) is 0 Å². The lowest BCUT2D eigenvalue weighted by molar-refractivity contribution is -0.133. The van der Waals surface area contributed by atoms with Crippen molar-refractivity contribution >= 4 is 11.7 Å². The first-order valence-electron chi connectivity index (χ1n) is 11.1. The number of carbonyl (C=O) groups is 2. The van der Waals surface area contributed by atoms with Gasteiger partial charge in [0, 0.05) is 44.9 Å². The number of unbranched alkanes of at least 4 members (excludes halogenated alkanes) is 1. The molecular formula is C22H41N3O2. The van der Waals surface area contributed by atoms with E-state index in [0.717, 1.165) is 77.7 Å². The van der Waals surface area contributed by atoms with Crippen LogP contribution in [0.3, 0.4) is 0 Å². The average Bonchev–Trinajstić information content (AvgIpc) is 2.61. The summed E-state index contributed by atoms with van der Waals surface area (Å²) in [5, 5.41) is 0. The highest BCUT2D eigenvalue weighted by atomic mass is 16.2. The fourth-order valence-electron chi connectivity index (χ4n) is 5.02. The number of carbonyl (C=O) groups excluding carboxylic acids is 2. The van der Waals surface area contributed by atoms with Crippen LogP contribution in [0.4, 0.5) is 0 Å². The number of hydrogen-bond acceptors (Lipinski definition) is 4. The van der Waals surface area contributed by atoms with Crippen LogP contribution in [0.5, 0.6) is 0 Å². The van der Waals surface area contributed by atoms with Crippen LogP contribution in [0.15, 0.2) is 0 Å². The SMILES string of the molecule is CCCN1C[C@@H](CC(=O)N(CC)CCCCN(C)C)C[C@@H]2CC(=O)CC[C@H]21. The lowest BCUT2D eigenvalue weighted by Crippen LogP contribution is -2.52. The van der Waals surface area contributed by atoms with Crippen LogP contribution in [0, 0.1) is 11.8 Å². The Hall–Kier alpha value is -0.940. The van der Waals surface area contributed by atoms with Gasteiger partial charge in [-0.1, -0.05) is 6.92 Å². The second-order valence-corrected chi connectivity index (χ2v) is 8.89. The van der Waals surface area contributed by atoms with E-state index in [9.17, 15) is 9.59 Å². The first-order chi connectivity index (χ1) is 12.9. The molecule has 0 unspecified atom stereocenters. The molecule has 1 saturated heterocycles. The third kappa shape index (κ3) is 6.86. The Balaban J connectivity index is 1.88. The highest BCUT2D eigenvalue weighted by Gasteiger charge is 2.39. The van der Waals surface area contributed by atoms with E-state index in [-0.39, 0.29) is 0 Å². The molecule has 0 aromatic rings. The van der Waals surface area contributed by atoms with E-state index >= 15 is 0 Å². The number of Topliss-reactive ketones (excluding diaryl/α,β-unsaturated/α-hetero) is 1. The number of amides is 1. The molecule has 2 aliphatic rings. The highest BCUT2D eigenvalue weighted by molar-refractivity contribution is 5.79. The number of hydrogen-bond donors (Lipinski definition) is 0. The molecule has 0 bridgehead atoms. The molecule has 1 aliphatic carbocycles. The molecule has 0 radical (unpaired) electrons. The van der Waals surface area contributed by atoms with Gasteiger partial charge in [-0.3, -0.25) is 14.5 Å². The molecule has 2 fully saturated rings. The van der Waals surface area contributed by atoms with Crippen molar-refractivity contribution in [1.29, 1.82) is 0 Å². The second-order valence-electron chi connectivity index (χ2n) is 8.89. The first-order valence-corrected chi connectivity index (χ1v) is 11.1. The molecule has 2 rings (SSSR count). The molecule has 1 saturated carbocycles. The zero-order valence-electron chi connectivity index (χ0n) is 18.1. The predicted octanol–water partition coefficient (Wildman–Crippen LogP) is 3.04. The van der Waals surface area contributed by atoms with E-state index in [1.165, 1.54) is 0 Å². The molecule has 0 aromatic carbocycles. The maximum Gasteiger partial charge on any atom is 0.222 e. The summed E-state index contributed by atoms with van der Waals surface area (Å²) in [6.45, 7) is 9.21. The smallest absolute Gasteiger partial charge is 0.222 e. The Labute approximate surface area is 166 Å². The van der Waals surface area contributed by atoms with Crippen molar-refractivity contribution in [2.75, 3.05) is 46.8 Å². The van der Waals surface area contributed by atoms with Crippen LogP contribution in [-0.4, -0.2) is 79.3 Å². The molecule has 5 nitrogen and oxygen atoms in total. The minimum atomic E-state index is 0.310. The van der Waals surface area contributed by atoms with Gasteiger partial charge in [0.2, 0.25) is 5.91 Å². The van der Waals surface area contributed by atoms with Gasteiger partial charge in [-0.15, -0.1) is 0 Å². The third-order valence-electron chi connectivity index (χ3n) is 6.34. The van der Waals surface area contributed by atoms with Crippen LogP contribution in [0.1, 0.15) is 65.2 Å². The Bertz CT molecular complexity index is 480. The molecule has 1 amide bonds. The molecular weight excluding hydrogens is 338 g/mol. The Kier molecular flexibility index (Phi) is 9.24. The number of rotatable bonds is 10. The minimum absolute atomic E-state index is 0.310. The Morgan fingerprint density at radius 3 is 2.59 bits per heavy atom. The number of nitrogens with zero attached hydrogens (tertiary/aromatic N) is 3. The van der Waals surface area contributed by atoms with Gasteiger partial charge in [0.05, 0.1) is 0 Å². The van der Waals surface area contributed by atoms with Gasteiger partial charge in [0.15, 0.2) is 0 Å². The lowest BCUT2D eigenvalue weighted by atomic mass is 9.73. The number of likely N-dealkylation sites (tertiary alicyclic amines) is 1. The fourth-order valence-corrected chi connectivity index (χ4v) is 5.02. The third-order valence-corrected chi connectivity index (χ3v) is 6.34.